The summed E-state index contributed by atoms with van der Waals surface area (Å²) in [6.45, 7) is 5.15. The van der Waals surface area contributed by atoms with Crippen molar-refractivity contribution in [2.24, 2.45) is 15.1 Å². The number of amidine groups is 1. The molecular formula is C22H22FN7O2S. The third-order valence-electron chi connectivity index (χ3n) is 5.90. The molecule has 0 spiro atoms. The van der Waals surface area contributed by atoms with Gasteiger partial charge in [0, 0.05) is 36.6 Å². The number of nitrogens with two attached hydrogens (primary N) is 1. The van der Waals surface area contributed by atoms with E-state index in [1.54, 1.807) is 39.0 Å². The molecule has 1 aromatic carbocycles. The minimum Gasteiger partial charge on any atom is -0.386 e. The minimum atomic E-state index is -2.82. The van der Waals surface area contributed by atoms with E-state index in [9.17, 15) is 4.21 Å². The number of halogens is 1. The van der Waals surface area contributed by atoms with Crippen molar-refractivity contribution in [3.8, 4) is 28.9 Å². The van der Waals surface area contributed by atoms with Gasteiger partial charge < -0.3 is 10.3 Å². The number of nitriles is 1. The zero-order valence-electron chi connectivity index (χ0n) is 18.5. The minimum absolute atomic E-state index is 0.0192. The van der Waals surface area contributed by atoms with Gasteiger partial charge in [-0.3, -0.25) is 4.99 Å². The van der Waals surface area contributed by atoms with Crippen LogP contribution < -0.4 is 5.73 Å². The first-order valence-corrected chi connectivity index (χ1v) is 11.7. The summed E-state index contributed by atoms with van der Waals surface area (Å²) in [5, 5.41) is 12.9. The number of nitrogens with zero attached hydrogens (tertiary/aromatic N) is 6. The molecule has 170 valence electrons. The third kappa shape index (κ3) is 3.66. The van der Waals surface area contributed by atoms with Crippen molar-refractivity contribution in [2.45, 2.75) is 31.1 Å². The zero-order chi connectivity index (χ0) is 24.0. The molecule has 0 bridgehead atoms. The zero-order valence-corrected chi connectivity index (χ0v) is 19.4. The van der Waals surface area contributed by atoms with Gasteiger partial charge in [0.15, 0.2) is 17.3 Å². The van der Waals surface area contributed by atoms with Gasteiger partial charge in [-0.15, -0.1) is 0 Å². The lowest BCUT2D eigenvalue weighted by Crippen LogP contribution is -2.54. The number of aliphatic imine (C=N–C) groups is 1. The number of rotatable bonds is 3. The Kier molecular flexibility index (Phi) is 5.29. The number of aromatic nitrogens is 3. The molecule has 2 atom stereocenters. The lowest BCUT2D eigenvalue weighted by Gasteiger charge is -2.40. The fraction of sp³-hybridized carbons (Fsp3) is 0.318. The highest BCUT2D eigenvalue weighted by Crippen LogP contribution is 2.40. The fourth-order valence-electron chi connectivity index (χ4n) is 3.71. The Balaban J connectivity index is 1.77. The lowest BCUT2D eigenvalue weighted by atomic mass is 9.91. The van der Waals surface area contributed by atoms with Crippen LogP contribution in [0, 0.1) is 17.1 Å². The Morgan fingerprint density at radius 1 is 1.24 bits per heavy atom. The normalized spacial score (nSPS) is 24.1. The van der Waals surface area contributed by atoms with Crippen molar-refractivity contribution in [1.29, 1.82) is 5.26 Å². The van der Waals surface area contributed by atoms with Gasteiger partial charge in [0.1, 0.15) is 28.0 Å². The van der Waals surface area contributed by atoms with Gasteiger partial charge in [0.2, 0.25) is 0 Å². The van der Waals surface area contributed by atoms with Crippen LogP contribution in [0.2, 0.25) is 0 Å². The molecule has 2 aromatic heterocycles. The Bertz CT molecular complexity index is 1430. The van der Waals surface area contributed by atoms with E-state index in [1.807, 2.05) is 6.07 Å². The first-order chi connectivity index (χ1) is 15.5. The predicted octanol–water partition coefficient (Wildman–Crippen LogP) is 3.27. The second-order valence-corrected chi connectivity index (χ2v) is 11.4. The smallest absolute Gasteiger partial charge is 0.181 e. The summed E-state index contributed by atoms with van der Waals surface area (Å²) >= 11 is 0. The van der Waals surface area contributed by atoms with E-state index in [-0.39, 0.29) is 23.0 Å². The van der Waals surface area contributed by atoms with E-state index in [4.69, 9.17) is 15.5 Å². The van der Waals surface area contributed by atoms with Crippen LogP contribution >= 0.6 is 0 Å². The Morgan fingerprint density at radius 3 is 2.58 bits per heavy atom. The Morgan fingerprint density at radius 2 is 1.94 bits per heavy atom. The highest BCUT2D eigenvalue weighted by atomic mass is 32.2. The average Bonchev–Trinajstić information content (AvgIpc) is 3.28. The molecule has 3 heterocycles. The Hall–Kier alpha value is -3.65. The second-order valence-electron chi connectivity index (χ2n) is 8.43. The average molecular weight is 468 g/mol. The highest BCUT2D eigenvalue weighted by molar-refractivity contribution is 7.95. The number of hydrogen-bond acceptors (Lipinski definition) is 9. The summed E-state index contributed by atoms with van der Waals surface area (Å²) in [5.74, 6) is 0.319. The van der Waals surface area contributed by atoms with Gasteiger partial charge in [-0.1, -0.05) is 5.16 Å². The molecule has 0 fully saturated rings. The van der Waals surface area contributed by atoms with E-state index in [1.165, 1.54) is 25.5 Å². The SMILES string of the molecule is CN=[S@@]1(=O)C[C@@](C)(c2cc(-c3cc(-c4ncc(C#N)cn4)no3)ccc2F)N=C(N)C1(C)C. The van der Waals surface area contributed by atoms with Gasteiger partial charge in [0.05, 0.1) is 21.0 Å². The van der Waals surface area contributed by atoms with Crippen LogP contribution in [0.25, 0.3) is 22.8 Å². The van der Waals surface area contributed by atoms with E-state index in [0.717, 1.165) is 0 Å². The van der Waals surface area contributed by atoms with Crippen molar-refractivity contribution in [1.82, 2.24) is 15.1 Å². The lowest BCUT2D eigenvalue weighted by molar-refractivity contribution is 0.434. The molecule has 0 amide bonds. The number of hydrogen-bond donors (Lipinski definition) is 1. The molecule has 1 aliphatic rings. The van der Waals surface area contributed by atoms with Gasteiger partial charge in [-0.05, 0) is 39.0 Å². The van der Waals surface area contributed by atoms with Crippen molar-refractivity contribution in [3.05, 3.63) is 53.6 Å². The molecule has 3 aromatic rings. The van der Waals surface area contributed by atoms with E-state index in [0.29, 0.717) is 22.6 Å². The maximum atomic E-state index is 15.0. The van der Waals surface area contributed by atoms with Crippen LogP contribution in [0.5, 0.6) is 0 Å². The fourth-order valence-corrected chi connectivity index (χ4v) is 6.02. The molecule has 4 rings (SSSR count). The molecule has 0 aliphatic carbocycles. The second kappa shape index (κ2) is 7.74. The maximum absolute atomic E-state index is 15.0. The van der Waals surface area contributed by atoms with Gasteiger partial charge in [-0.25, -0.2) is 22.9 Å². The van der Waals surface area contributed by atoms with Crippen LogP contribution in [-0.2, 0) is 15.3 Å². The molecule has 0 unspecified atom stereocenters. The summed E-state index contributed by atoms with van der Waals surface area (Å²) in [6.07, 6.45) is 2.77. The molecule has 0 saturated carbocycles. The van der Waals surface area contributed by atoms with Crippen molar-refractivity contribution < 1.29 is 13.1 Å². The molecule has 0 radical (unpaired) electrons. The summed E-state index contributed by atoms with van der Waals surface area (Å²) in [7, 11) is -1.33. The van der Waals surface area contributed by atoms with E-state index < -0.39 is 25.8 Å². The van der Waals surface area contributed by atoms with Gasteiger partial charge >= 0.3 is 0 Å². The van der Waals surface area contributed by atoms with Crippen LogP contribution in [0.3, 0.4) is 0 Å². The highest BCUT2D eigenvalue weighted by Gasteiger charge is 2.47. The van der Waals surface area contributed by atoms with E-state index >= 15 is 4.39 Å². The first-order valence-electron chi connectivity index (χ1n) is 10.0. The van der Waals surface area contributed by atoms with Crippen LogP contribution in [0.15, 0.2) is 50.5 Å². The molecule has 9 nitrogen and oxygen atoms in total. The summed E-state index contributed by atoms with van der Waals surface area (Å²) in [5.41, 5.74) is 6.46. The Labute approximate surface area is 190 Å². The molecule has 1 aliphatic heterocycles. The van der Waals surface area contributed by atoms with Crippen LogP contribution in [0.1, 0.15) is 31.9 Å². The van der Waals surface area contributed by atoms with Gasteiger partial charge in [-0.2, -0.15) is 5.26 Å². The van der Waals surface area contributed by atoms with Crippen molar-refractivity contribution in [2.75, 3.05) is 12.8 Å². The van der Waals surface area contributed by atoms with Gasteiger partial charge in [0.25, 0.3) is 0 Å². The molecular weight excluding hydrogens is 445 g/mol. The monoisotopic (exact) mass is 467 g/mol. The summed E-state index contributed by atoms with van der Waals surface area (Å²) < 4.78 is 37.2. The first kappa shape index (κ1) is 22.5. The van der Waals surface area contributed by atoms with Crippen LogP contribution in [0.4, 0.5) is 4.39 Å². The molecule has 11 heteroatoms. The quantitative estimate of drug-likeness (QED) is 0.622. The predicted molar refractivity (Wildman–Crippen MR) is 122 cm³/mol. The topological polar surface area (TPSA) is 143 Å². The van der Waals surface area contributed by atoms with E-state index in [2.05, 4.69) is 24.5 Å². The standard InChI is InChI=1S/C22H22FN7O2S/c1-21(2)20(25)29-22(3,12-33(21,31)26-4)15-7-14(5-6-16(15)23)18-8-17(30-32-18)19-27-10-13(9-24)11-28-19/h5-8,10-11H,12H2,1-4H3,(H2,25,29)/t22-,33+/m0/s1. The molecule has 2 N–H and O–H groups in total. The molecule has 0 saturated heterocycles. The van der Waals surface area contributed by atoms with Crippen molar-refractivity contribution in [3.63, 3.8) is 0 Å². The number of benzene rings is 1. The largest absolute Gasteiger partial charge is 0.386 e. The molecule has 33 heavy (non-hydrogen) atoms. The van der Waals surface area contributed by atoms with Crippen molar-refractivity contribution >= 4 is 15.6 Å². The third-order valence-corrected chi connectivity index (χ3v) is 9.25. The summed E-state index contributed by atoms with van der Waals surface area (Å²) in [6, 6.07) is 8.00. The summed E-state index contributed by atoms with van der Waals surface area (Å²) in [4.78, 5) is 12.8. The van der Waals surface area contributed by atoms with Crippen LogP contribution in [-0.4, -0.2) is 42.7 Å². The maximum Gasteiger partial charge on any atom is 0.181 e.